The second-order valence-corrected chi connectivity index (χ2v) is 3.58. The molecule has 2 aliphatic rings. The zero-order valence-electron chi connectivity index (χ0n) is 7.27. The Balaban J connectivity index is 2.23. The first-order chi connectivity index (χ1) is 6.05. The standard InChI is InChI=1S/C8H12O5/c1-4(9)8(11)3-13-6-5(10)2-12-7(6)8/h5-7,10-11H,2-3H2,1H3/t5-,6-,7+,8-/m1/s1. The van der Waals surface area contributed by atoms with Crippen molar-refractivity contribution in [3.8, 4) is 0 Å². The molecular weight excluding hydrogens is 176 g/mol. The third-order valence-corrected chi connectivity index (χ3v) is 2.70. The molecule has 0 saturated carbocycles. The van der Waals surface area contributed by atoms with Gasteiger partial charge in [0.2, 0.25) is 0 Å². The highest BCUT2D eigenvalue weighted by Gasteiger charge is 2.58. The fourth-order valence-corrected chi connectivity index (χ4v) is 1.81. The van der Waals surface area contributed by atoms with Gasteiger partial charge in [0.1, 0.15) is 18.3 Å². The Morgan fingerprint density at radius 2 is 2.23 bits per heavy atom. The average molecular weight is 188 g/mol. The molecule has 2 aliphatic heterocycles. The summed E-state index contributed by atoms with van der Waals surface area (Å²) in [5.41, 5.74) is -1.57. The van der Waals surface area contributed by atoms with Crippen LogP contribution < -0.4 is 0 Å². The van der Waals surface area contributed by atoms with E-state index in [1.54, 1.807) is 0 Å². The molecule has 2 rings (SSSR count). The number of hydrogen-bond donors (Lipinski definition) is 2. The van der Waals surface area contributed by atoms with Gasteiger partial charge in [0.05, 0.1) is 13.2 Å². The number of hydrogen-bond acceptors (Lipinski definition) is 5. The molecular formula is C8H12O5. The topological polar surface area (TPSA) is 76.0 Å². The lowest BCUT2D eigenvalue weighted by Crippen LogP contribution is -2.49. The Kier molecular flexibility index (Phi) is 1.92. The van der Waals surface area contributed by atoms with Gasteiger partial charge in [0.15, 0.2) is 11.4 Å². The van der Waals surface area contributed by atoms with Gasteiger partial charge in [-0.25, -0.2) is 0 Å². The summed E-state index contributed by atoms with van der Waals surface area (Å²) in [7, 11) is 0. The van der Waals surface area contributed by atoms with Gasteiger partial charge in [0.25, 0.3) is 0 Å². The van der Waals surface area contributed by atoms with Crippen LogP contribution >= 0.6 is 0 Å². The third kappa shape index (κ3) is 1.12. The summed E-state index contributed by atoms with van der Waals surface area (Å²) in [5.74, 6) is -0.380. The van der Waals surface area contributed by atoms with E-state index in [0.717, 1.165) is 0 Å². The Hall–Kier alpha value is -0.490. The summed E-state index contributed by atoms with van der Waals surface area (Å²) in [4.78, 5) is 11.1. The minimum Gasteiger partial charge on any atom is -0.388 e. The van der Waals surface area contributed by atoms with Crippen LogP contribution in [0.3, 0.4) is 0 Å². The van der Waals surface area contributed by atoms with Crippen molar-refractivity contribution in [2.45, 2.75) is 30.8 Å². The van der Waals surface area contributed by atoms with Gasteiger partial charge in [-0.1, -0.05) is 0 Å². The molecule has 13 heavy (non-hydrogen) atoms. The number of Topliss-reactive ketones (excluding diaryl/α,β-unsaturated/α-hetero) is 1. The number of aliphatic hydroxyl groups is 2. The maximum atomic E-state index is 11.1. The molecule has 0 unspecified atom stereocenters. The van der Waals surface area contributed by atoms with Crippen LogP contribution in [0.25, 0.3) is 0 Å². The zero-order chi connectivity index (χ0) is 9.64. The highest BCUT2D eigenvalue weighted by Crippen LogP contribution is 2.34. The third-order valence-electron chi connectivity index (χ3n) is 2.70. The van der Waals surface area contributed by atoms with E-state index in [1.807, 2.05) is 0 Å². The number of carbonyl (C=O) groups excluding carboxylic acids is 1. The minimum absolute atomic E-state index is 0.0886. The predicted molar refractivity (Wildman–Crippen MR) is 41.1 cm³/mol. The molecule has 0 aliphatic carbocycles. The van der Waals surface area contributed by atoms with Crippen molar-refractivity contribution in [1.29, 1.82) is 0 Å². The van der Waals surface area contributed by atoms with Crippen molar-refractivity contribution < 1.29 is 24.5 Å². The van der Waals surface area contributed by atoms with Crippen molar-refractivity contribution in [2.24, 2.45) is 0 Å². The zero-order valence-corrected chi connectivity index (χ0v) is 7.27. The van der Waals surface area contributed by atoms with Crippen LogP contribution in [-0.4, -0.2) is 53.1 Å². The summed E-state index contributed by atoms with van der Waals surface area (Å²) in [6, 6.07) is 0. The fraction of sp³-hybridized carbons (Fsp3) is 0.875. The minimum atomic E-state index is -1.57. The molecule has 5 nitrogen and oxygen atoms in total. The quantitative estimate of drug-likeness (QED) is 0.522. The number of carbonyl (C=O) groups is 1. The summed E-state index contributed by atoms with van der Waals surface area (Å²) in [6.07, 6.45) is -2.01. The maximum absolute atomic E-state index is 11.1. The Morgan fingerprint density at radius 3 is 2.85 bits per heavy atom. The predicted octanol–water partition coefficient (Wildman–Crippen LogP) is -1.54. The Bertz CT molecular complexity index is 241. The molecule has 0 aromatic heterocycles. The lowest BCUT2D eigenvalue weighted by atomic mass is 9.92. The highest BCUT2D eigenvalue weighted by molar-refractivity contribution is 5.86. The Labute approximate surface area is 75.3 Å². The average Bonchev–Trinajstić information content (AvgIpc) is 2.57. The molecule has 0 radical (unpaired) electrons. The number of ether oxygens (including phenoxy) is 2. The smallest absolute Gasteiger partial charge is 0.174 e. The van der Waals surface area contributed by atoms with E-state index in [1.165, 1.54) is 6.92 Å². The Morgan fingerprint density at radius 1 is 1.54 bits per heavy atom. The van der Waals surface area contributed by atoms with Gasteiger partial charge >= 0.3 is 0 Å². The van der Waals surface area contributed by atoms with E-state index >= 15 is 0 Å². The number of rotatable bonds is 1. The van der Waals surface area contributed by atoms with Crippen LogP contribution in [0, 0.1) is 0 Å². The van der Waals surface area contributed by atoms with Crippen LogP contribution in [0.2, 0.25) is 0 Å². The molecule has 2 saturated heterocycles. The maximum Gasteiger partial charge on any atom is 0.174 e. The van der Waals surface area contributed by atoms with Gasteiger partial charge in [-0.05, 0) is 6.92 Å². The number of fused-ring (bicyclic) bond motifs is 1. The van der Waals surface area contributed by atoms with E-state index in [0.29, 0.717) is 0 Å². The van der Waals surface area contributed by atoms with Gasteiger partial charge in [-0.2, -0.15) is 0 Å². The van der Waals surface area contributed by atoms with Gasteiger partial charge < -0.3 is 19.7 Å². The molecule has 0 amide bonds. The van der Waals surface area contributed by atoms with Crippen molar-refractivity contribution >= 4 is 5.78 Å². The van der Waals surface area contributed by atoms with Crippen molar-refractivity contribution in [1.82, 2.24) is 0 Å². The second-order valence-electron chi connectivity index (χ2n) is 3.58. The van der Waals surface area contributed by atoms with E-state index in [4.69, 9.17) is 9.47 Å². The molecule has 4 atom stereocenters. The number of ketones is 1. The molecule has 2 N–H and O–H groups in total. The molecule has 2 heterocycles. The van der Waals surface area contributed by atoms with Crippen LogP contribution in [0.15, 0.2) is 0 Å². The van der Waals surface area contributed by atoms with Gasteiger partial charge in [-0.3, -0.25) is 4.79 Å². The van der Waals surface area contributed by atoms with Crippen LogP contribution in [0.5, 0.6) is 0 Å². The molecule has 5 heteroatoms. The van der Waals surface area contributed by atoms with E-state index in [-0.39, 0.29) is 19.0 Å². The monoisotopic (exact) mass is 188 g/mol. The second kappa shape index (κ2) is 2.75. The lowest BCUT2D eigenvalue weighted by molar-refractivity contribution is -0.145. The van der Waals surface area contributed by atoms with E-state index in [9.17, 15) is 15.0 Å². The SMILES string of the molecule is CC(=O)[C@]1(O)CO[C@@H]2[C@H](O)CO[C@@H]21. The van der Waals surface area contributed by atoms with Crippen LogP contribution in [-0.2, 0) is 14.3 Å². The first-order valence-electron chi connectivity index (χ1n) is 4.20. The molecule has 2 fully saturated rings. The summed E-state index contributed by atoms with van der Waals surface area (Å²) in [5, 5.41) is 19.2. The van der Waals surface area contributed by atoms with Crippen molar-refractivity contribution in [2.75, 3.05) is 13.2 Å². The van der Waals surface area contributed by atoms with Gasteiger partial charge in [0, 0.05) is 0 Å². The molecule has 74 valence electrons. The lowest BCUT2D eigenvalue weighted by Gasteiger charge is -2.22. The molecule has 0 aromatic carbocycles. The normalized spacial score (nSPS) is 49.3. The molecule has 0 bridgehead atoms. The largest absolute Gasteiger partial charge is 0.388 e. The molecule has 0 aromatic rings. The summed E-state index contributed by atoms with van der Waals surface area (Å²) < 4.78 is 10.2. The van der Waals surface area contributed by atoms with Crippen molar-refractivity contribution in [3.63, 3.8) is 0 Å². The van der Waals surface area contributed by atoms with Crippen LogP contribution in [0.1, 0.15) is 6.92 Å². The van der Waals surface area contributed by atoms with E-state index < -0.39 is 23.9 Å². The first kappa shape index (κ1) is 9.08. The van der Waals surface area contributed by atoms with Crippen LogP contribution in [0.4, 0.5) is 0 Å². The highest BCUT2D eigenvalue weighted by atomic mass is 16.6. The summed E-state index contributed by atoms with van der Waals surface area (Å²) >= 11 is 0. The van der Waals surface area contributed by atoms with Crippen molar-refractivity contribution in [3.05, 3.63) is 0 Å². The summed E-state index contributed by atoms with van der Waals surface area (Å²) in [6.45, 7) is 1.32. The molecule has 0 spiro atoms. The van der Waals surface area contributed by atoms with Gasteiger partial charge in [-0.15, -0.1) is 0 Å². The number of aliphatic hydroxyl groups excluding tert-OH is 1. The fourth-order valence-electron chi connectivity index (χ4n) is 1.81. The van der Waals surface area contributed by atoms with E-state index in [2.05, 4.69) is 0 Å². The first-order valence-corrected chi connectivity index (χ1v) is 4.20.